The van der Waals surface area contributed by atoms with Gasteiger partial charge in [0.15, 0.2) is 0 Å². The van der Waals surface area contributed by atoms with E-state index < -0.39 is 0 Å². The highest BCUT2D eigenvalue weighted by molar-refractivity contribution is 5.93. The number of nitrogen functional groups attached to an aromatic ring is 1. The quantitative estimate of drug-likeness (QED) is 0.692. The van der Waals surface area contributed by atoms with E-state index in [-0.39, 0.29) is 17.5 Å². The molecule has 2 N–H and O–H groups in total. The molecule has 0 bridgehead atoms. The van der Waals surface area contributed by atoms with Gasteiger partial charge in [0.05, 0.1) is 12.3 Å². The van der Waals surface area contributed by atoms with Crippen LogP contribution in [0.4, 0.5) is 5.95 Å². The van der Waals surface area contributed by atoms with Crippen LogP contribution >= 0.6 is 0 Å². The molecule has 1 aromatic heterocycles. The molecule has 6 heteroatoms. The van der Waals surface area contributed by atoms with E-state index in [2.05, 4.69) is 16.9 Å². The maximum Gasteiger partial charge on any atom is 0.272 e. The first-order valence-electron chi connectivity index (χ1n) is 9.10. The molecule has 0 unspecified atom stereocenters. The van der Waals surface area contributed by atoms with Crippen LogP contribution in [0.15, 0.2) is 30.3 Å². The van der Waals surface area contributed by atoms with Gasteiger partial charge in [-0.25, -0.2) is 9.97 Å². The highest BCUT2D eigenvalue weighted by atomic mass is 16.5. The lowest BCUT2D eigenvalue weighted by molar-refractivity contribution is 0.0822. The number of anilines is 1. The fourth-order valence-electron chi connectivity index (χ4n) is 2.57. The van der Waals surface area contributed by atoms with Crippen molar-refractivity contribution in [3.8, 4) is 17.0 Å². The van der Waals surface area contributed by atoms with Gasteiger partial charge in [-0.1, -0.05) is 32.6 Å². The average molecular weight is 356 g/mol. The van der Waals surface area contributed by atoms with Crippen molar-refractivity contribution < 1.29 is 9.53 Å². The molecule has 0 radical (unpaired) electrons. The molecule has 0 aliphatic heterocycles. The second-order valence-electron chi connectivity index (χ2n) is 6.48. The molecule has 0 saturated heterocycles. The molecule has 6 nitrogen and oxygen atoms in total. The number of hydrogen-bond donors (Lipinski definition) is 1. The summed E-state index contributed by atoms with van der Waals surface area (Å²) in [5, 5.41) is 0. The van der Waals surface area contributed by atoms with Gasteiger partial charge in [-0.05, 0) is 36.8 Å². The summed E-state index contributed by atoms with van der Waals surface area (Å²) in [6.45, 7) is 2.94. The van der Waals surface area contributed by atoms with Crippen molar-refractivity contribution in [2.24, 2.45) is 0 Å². The van der Waals surface area contributed by atoms with E-state index >= 15 is 0 Å². The third-order valence-electron chi connectivity index (χ3n) is 4.04. The Kier molecular flexibility index (Phi) is 7.38. The second-order valence-corrected chi connectivity index (χ2v) is 6.48. The molecule has 0 spiro atoms. The van der Waals surface area contributed by atoms with Gasteiger partial charge in [0.2, 0.25) is 5.95 Å². The Hall–Kier alpha value is -2.63. The first kappa shape index (κ1) is 19.7. The van der Waals surface area contributed by atoms with Crippen LogP contribution in [0, 0.1) is 0 Å². The van der Waals surface area contributed by atoms with Crippen molar-refractivity contribution in [2.75, 3.05) is 26.4 Å². The van der Waals surface area contributed by atoms with Crippen molar-refractivity contribution >= 4 is 11.9 Å². The van der Waals surface area contributed by atoms with Crippen LogP contribution in [-0.2, 0) is 0 Å². The van der Waals surface area contributed by atoms with Crippen LogP contribution in [0.1, 0.15) is 49.5 Å². The fraction of sp³-hybridized carbons (Fsp3) is 0.450. The van der Waals surface area contributed by atoms with Gasteiger partial charge >= 0.3 is 0 Å². The molecule has 1 amide bonds. The van der Waals surface area contributed by atoms with E-state index in [4.69, 9.17) is 10.5 Å². The van der Waals surface area contributed by atoms with Gasteiger partial charge in [0.1, 0.15) is 11.4 Å². The molecule has 2 aromatic rings. The van der Waals surface area contributed by atoms with Crippen LogP contribution in [-0.4, -0.2) is 41.5 Å². The number of benzene rings is 1. The Labute approximate surface area is 155 Å². The van der Waals surface area contributed by atoms with E-state index in [1.165, 1.54) is 30.6 Å². The SMILES string of the molecule is CCCCCCCOc1ccc(-c2cc(C(=O)N(C)C)nc(N)n2)cc1. The van der Waals surface area contributed by atoms with E-state index in [0.29, 0.717) is 5.69 Å². The Morgan fingerprint density at radius 2 is 1.77 bits per heavy atom. The predicted molar refractivity (Wildman–Crippen MR) is 104 cm³/mol. The monoisotopic (exact) mass is 356 g/mol. The Bertz CT molecular complexity index is 714. The van der Waals surface area contributed by atoms with Gasteiger partial charge in [-0.2, -0.15) is 0 Å². The molecule has 1 aromatic carbocycles. The zero-order valence-electron chi connectivity index (χ0n) is 15.9. The van der Waals surface area contributed by atoms with Crippen molar-refractivity contribution in [3.63, 3.8) is 0 Å². The molecular formula is C20H28N4O2. The number of hydrogen-bond acceptors (Lipinski definition) is 5. The zero-order valence-corrected chi connectivity index (χ0v) is 15.9. The number of ether oxygens (including phenoxy) is 1. The standard InChI is InChI=1S/C20H28N4O2/c1-4-5-6-7-8-13-26-16-11-9-15(10-12-16)17-14-18(19(25)24(2)3)23-20(21)22-17/h9-12,14H,4-8,13H2,1-3H3,(H2,21,22,23). The number of nitrogens with zero attached hydrogens (tertiary/aromatic N) is 3. The van der Waals surface area contributed by atoms with E-state index in [9.17, 15) is 4.79 Å². The summed E-state index contributed by atoms with van der Waals surface area (Å²) in [4.78, 5) is 21.8. The highest BCUT2D eigenvalue weighted by Gasteiger charge is 2.13. The molecule has 0 fully saturated rings. The number of rotatable bonds is 9. The molecule has 0 atom stereocenters. The lowest BCUT2D eigenvalue weighted by atomic mass is 10.1. The van der Waals surface area contributed by atoms with Crippen molar-refractivity contribution in [1.29, 1.82) is 0 Å². The summed E-state index contributed by atoms with van der Waals surface area (Å²) in [7, 11) is 3.35. The van der Waals surface area contributed by atoms with E-state index in [0.717, 1.165) is 24.3 Å². The van der Waals surface area contributed by atoms with Gasteiger partial charge in [0.25, 0.3) is 5.91 Å². The third kappa shape index (κ3) is 5.72. The summed E-state index contributed by atoms with van der Waals surface area (Å²) in [5.74, 6) is 0.708. The summed E-state index contributed by atoms with van der Waals surface area (Å²) >= 11 is 0. The molecule has 140 valence electrons. The van der Waals surface area contributed by atoms with Crippen LogP contribution in [0.25, 0.3) is 11.3 Å². The van der Waals surface area contributed by atoms with E-state index in [1.807, 2.05) is 24.3 Å². The summed E-state index contributed by atoms with van der Waals surface area (Å²) < 4.78 is 5.78. The molecule has 1 heterocycles. The van der Waals surface area contributed by atoms with Crippen LogP contribution < -0.4 is 10.5 Å². The lowest BCUT2D eigenvalue weighted by Crippen LogP contribution is -2.23. The maximum atomic E-state index is 12.1. The molecule has 26 heavy (non-hydrogen) atoms. The van der Waals surface area contributed by atoms with Crippen LogP contribution in [0.2, 0.25) is 0 Å². The minimum absolute atomic E-state index is 0.0834. The summed E-state index contributed by atoms with van der Waals surface area (Å²) in [6, 6.07) is 9.30. The van der Waals surface area contributed by atoms with Crippen molar-refractivity contribution in [3.05, 3.63) is 36.0 Å². The number of nitrogens with two attached hydrogens (primary N) is 1. The fourth-order valence-corrected chi connectivity index (χ4v) is 2.57. The van der Waals surface area contributed by atoms with Gasteiger partial charge in [-0.3, -0.25) is 4.79 Å². The smallest absolute Gasteiger partial charge is 0.272 e. The maximum absolute atomic E-state index is 12.1. The van der Waals surface area contributed by atoms with Gasteiger partial charge in [0, 0.05) is 19.7 Å². The topological polar surface area (TPSA) is 81.3 Å². The molecule has 0 aliphatic rings. The van der Waals surface area contributed by atoms with Crippen molar-refractivity contribution in [1.82, 2.24) is 14.9 Å². The number of carbonyl (C=O) groups is 1. The predicted octanol–water partition coefficient (Wildman–Crippen LogP) is 3.78. The average Bonchev–Trinajstić information content (AvgIpc) is 2.64. The normalized spacial score (nSPS) is 10.6. The molecular weight excluding hydrogens is 328 g/mol. The van der Waals surface area contributed by atoms with Gasteiger partial charge in [-0.15, -0.1) is 0 Å². The van der Waals surface area contributed by atoms with Crippen molar-refractivity contribution in [2.45, 2.75) is 39.0 Å². The number of unbranched alkanes of at least 4 members (excludes halogenated alkanes) is 4. The summed E-state index contributed by atoms with van der Waals surface area (Å²) in [5.41, 5.74) is 7.53. The minimum Gasteiger partial charge on any atom is -0.494 e. The second kappa shape index (κ2) is 9.75. The first-order valence-corrected chi connectivity index (χ1v) is 9.10. The first-order chi connectivity index (χ1) is 12.5. The number of carbonyl (C=O) groups excluding carboxylic acids is 1. The molecule has 0 aliphatic carbocycles. The zero-order chi connectivity index (χ0) is 18.9. The number of amides is 1. The van der Waals surface area contributed by atoms with Crippen LogP contribution in [0.3, 0.4) is 0 Å². The number of aromatic nitrogens is 2. The Balaban J connectivity index is 2.00. The molecule has 0 saturated carbocycles. The Morgan fingerprint density at radius 3 is 2.42 bits per heavy atom. The van der Waals surface area contributed by atoms with E-state index in [1.54, 1.807) is 20.2 Å². The molecule has 2 rings (SSSR count). The third-order valence-corrected chi connectivity index (χ3v) is 4.04. The van der Waals surface area contributed by atoms with Gasteiger partial charge < -0.3 is 15.4 Å². The van der Waals surface area contributed by atoms with Crippen LogP contribution in [0.5, 0.6) is 5.75 Å². The Morgan fingerprint density at radius 1 is 1.08 bits per heavy atom. The minimum atomic E-state index is -0.205. The largest absolute Gasteiger partial charge is 0.494 e. The lowest BCUT2D eigenvalue weighted by Gasteiger charge is -2.11. The summed E-state index contributed by atoms with van der Waals surface area (Å²) in [6.07, 6.45) is 6.07. The highest BCUT2D eigenvalue weighted by Crippen LogP contribution is 2.22.